The van der Waals surface area contributed by atoms with Gasteiger partial charge in [0.2, 0.25) is 0 Å². The lowest BCUT2D eigenvalue weighted by Crippen LogP contribution is -2.36. The highest BCUT2D eigenvalue weighted by Crippen LogP contribution is 2.18. The Hall–Kier alpha value is -2.29. The van der Waals surface area contributed by atoms with Gasteiger partial charge in [-0.1, -0.05) is 38.0 Å². The lowest BCUT2D eigenvalue weighted by Gasteiger charge is -2.21. The van der Waals surface area contributed by atoms with Crippen molar-refractivity contribution in [2.24, 2.45) is 0 Å². The minimum absolute atomic E-state index is 0.106. The molecule has 0 unspecified atom stereocenters. The number of benzene rings is 1. The number of hydrogen-bond acceptors (Lipinski definition) is 7. The smallest absolute Gasteiger partial charge is 0.305 e. The first-order valence-electron chi connectivity index (χ1n) is 8.70. The third-order valence-corrected chi connectivity index (χ3v) is 3.92. The Balaban J connectivity index is 1.87. The maximum atomic E-state index is 11.5. The summed E-state index contributed by atoms with van der Waals surface area (Å²) in [5.41, 5.74) is 0.802. The van der Waals surface area contributed by atoms with E-state index in [1.54, 1.807) is 12.1 Å². The Labute approximate surface area is 152 Å². The monoisotopic (exact) mass is 363 g/mol. The molecule has 0 saturated carbocycles. The van der Waals surface area contributed by atoms with Gasteiger partial charge < -0.3 is 20.1 Å². The summed E-state index contributed by atoms with van der Waals surface area (Å²) < 4.78 is 4.93. The number of carbonyl (C=O) groups is 1. The topological polar surface area (TPSA) is 118 Å². The largest absolute Gasteiger partial charge is 0.463 e. The summed E-state index contributed by atoms with van der Waals surface area (Å²) in [4.78, 5) is 12.9. The van der Waals surface area contributed by atoms with E-state index in [9.17, 15) is 20.1 Å². The molecule has 8 nitrogen and oxygen atoms in total. The summed E-state index contributed by atoms with van der Waals surface area (Å²) in [6.07, 6.45) is -0.225. The van der Waals surface area contributed by atoms with Crippen molar-refractivity contribution in [2.45, 2.75) is 50.9 Å². The Kier molecular flexibility index (Phi) is 7.71. The van der Waals surface area contributed by atoms with Gasteiger partial charge in [-0.2, -0.15) is 15.0 Å². The van der Waals surface area contributed by atoms with E-state index >= 15 is 0 Å². The highest BCUT2D eigenvalue weighted by atomic mass is 16.5. The third-order valence-electron chi connectivity index (χ3n) is 3.92. The van der Waals surface area contributed by atoms with E-state index in [1.807, 2.05) is 25.1 Å². The average Bonchev–Trinajstić information content (AvgIpc) is 3.16. The predicted molar refractivity (Wildman–Crippen MR) is 93.4 cm³/mol. The molecule has 3 atom stereocenters. The number of carbonyl (C=O) groups excluding carboxylic acids is 1. The van der Waals surface area contributed by atoms with Crippen LogP contribution >= 0.6 is 0 Å². The molecule has 0 saturated heterocycles. The molecule has 2 aromatic rings. The molecule has 0 spiro atoms. The molecule has 1 aromatic carbocycles. The lowest BCUT2D eigenvalue weighted by atomic mass is 10.1. The number of aliphatic hydroxyl groups excluding tert-OH is 3. The Morgan fingerprint density at radius 2 is 1.92 bits per heavy atom. The highest BCUT2D eigenvalue weighted by Gasteiger charge is 2.29. The van der Waals surface area contributed by atoms with E-state index in [4.69, 9.17) is 4.74 Å². The number of hydrogen-bond donors (Lipinski definition) is 3. The molecule has 2 rings (SSSR count). The lowest BCUT2D eigenvalue weighted by molar-refractivity contribution is -0.152. The van der Waals surface area contributed by atoms with Crippen molar-refractivity contribution in [3.8, 4) is 5.69 Å². The molecule has 3 N–H and O–H groups in total. The van der Waals surface area contributed by atoms with Crippen molar-refractivity contribution in [1.82, 2.24) is 15.0 Å². The van der Waals surface area contributed by atoms with Crippen LogP contribution in [-0.2, 0) is 9.53 Å². The molecule has 0 aliphatic rings. The van der Waals surface area contributed by atoms with Crippen molar-refractivity contribution in [3.63, 3.8) is 0 Å². The Bertz CT molecular complexity index is 676. The van der Waals surface area contributed by atoms with Crippen LogP contribution in [0.5, 0.6) is 0 Å². The van der Waals surface area contributed by atoms with E-state index in [0.717, 1.165) is 19.3 Å². The number of aromatic nitrogens is 3. The molecule has 142 valence electrons. The number of ether oxygens (including phenoxy) is 1. The van der Waals surface area contributed by atoms with Gasteiger partial charge in [0.1, 0.15) is 30.6 Å². The third kappa shape index (κ3) is 5.62. The Morgan fingerprint density at radius 1 is 1.19 bits per heavy atom. The van der Waals surface area contributed by atoms with Gasteiger partial charge in [-0.15, -0.1) is 0 Å². The summed E-state index contributed by atoms with van der Waals surface area (Å²) in [6.45, 7) is 1.64. The van der Waals surface area contributed by atoms with Gasteiger partial charge in [-0.25, -0.2) is 0 Å². The predicted octanol–water partition coefficient (Wildman–Crippen LogP) is 1.15. The molecular weight excluding hydrogens is 338 g/mol. The van der Waals surface area contributed by atoms with Gasteiger partial charge in [0, 0.05) is 6.42 Å². The maximum absolute atomic E-state index is 11.5. The standard InChI is InChI=1S/C18H25N3O5/c1-2-3-5-10-16(23)26-12-15(22)18(25)17(24)14-11-19-21(20-14)13-8-6-4-7-9-13/h4,6-9,11,15,17-18,22,24-25H,2-3,5,10,12H2,1H3/t15-,17-,18-/m1/s1. The van der Waals surface area contributed by atoms with E-state index in [2.05, 4.69) is 10.2 Å². The average molecular weight is 363 g/mol. The summed E-state index contributed by atoms with van der Waals surface area (Å²) in [5.74, 6) is -0.436. The van der Waals surface area contributed by atoms with Crippen LogP contribution in [0, 0.1) is 0 Å². The van der Waals surface area contributed by atoms with Crippen LogP contribution in [0.4, 0.5) is 0 Å². The molecule has 0 aliphatic heterocycles. The van der Waals surface area contributed by atoms with Crippen molar-refractivity contribution in [2.75, 3.05) is 6.61 Å². The van der Waals surface area contributed by atoms with Crippen LogP contribution in [0.2, 0.25) is 0 Å². The van der Waals surface area contributed by atoms with Gasteiger partial charge >= 0.3 is 5.97 Å². The molecule has 0 bridgehead atoms. The molecule has 0 radical (unpaired) electrons. The van der Waals surface area contributed by atoms with Gasteiger partial charge in [-0.3, -0.25) is 4.79 Å². The van der Waals surface area contributed by atoms with Gasteiger partial charge in [-0.05, 0) is 18.6 Å². The zero-order chi connectivity index (χ0) is 18.9. The first kappa shape index (κ1) is 20.0. The normalized spacial score (nSPS) is 14.6. The summed E-state index contributed by atoms with van der Waals surface area (Å²) in [6, 6.07) is 9.08. The zero-order valence-corrected chi connectivity index (χ0v) is 14.7. The van der Waals surface area contributed by atoms with E-state index in [1.165, 1.54) is 11.0 Å². The molecule has 1 heterocycles. The van der Waals surface area contributed by atoms with Crippen LogP contribution < -0.4 is 0 Å². The first-order valence-corrected chi connectivity index (χ1v) is 8.70. The van der Waals surface area contributed by atoms with E-state index in [0.29, 0.717) is 5.69 Å². The maximum Gasteiger partial charge on any atom is 0.305 e. The first-order chi connectivity index (χ1) is 12.5. The number of nitrogens with zero attached hydrogens (tertiary/aromatic N) is 3. The fourth-order valence-electron chi connectivity index (χ4n) is 2.35. The van der Waals surface area contributed by atoms with E-state index < -0.39 is 30.9 Å². The molecule has 1 aromatic heterocycles. The van der Waals surface area contributed by atoms with Crippen LogP contribution in [0.25, 0.3) is 5.69 Å². The molecule has 0 aliphatic carbocycles. The van der Waals surface area contributed by atoms with Crippen LogP contribution in [-0.4, -0.2) is 55.1 Å². The fraction of sp³-hybridized carbons (Fsp3) is 0.500. The van der Waals surface area contributed by atoms with Crippen molar-refractivity contribution < 1.29 is 24.9 Å². The second-order valence-corrected chi connectivity index (χ2v) is 6.04. The van der Waals surface area contributed by atoms with Crippen LogP contribution in [0.15, 0.2) is 36.5 Å². The number of aliphatic hydroxyl groups is 3. The quantitative estimate of drug-likeness (QED) is 0.428. The van der Waals surface area contributed by atoms with Gasteiger partial charge in [0.05, 0.1) is 11.9 Å². The Morgan fingerprint density at radius 3 is 2.62 bits per heavy atom. The molecule has 8 heteroatoms. The highest BCUT2D eigenvalue weighted by molar-refractivity contribution is 5.69. The number of rotatable bonds is 10. The van der Waals surface area contributed by atoms with Crippen LogP contribution in [0.1, 0.15) is 44.4 Å². The summed E-state index contributed by atoms with van der Waals surface area (Å²) in [5, 5.41) is 38.4. The van der Waals surface area contributed by atoms with E-state index in [-0.39, 0.29) is 12.1 Å². The van der Waals surface area contributed by atoms with Gasteiger partial charge in [0.25, 0.3) is 0 Å². The minimum Gasteiger partial charge on any atom is -0.463 e. The summed E-state index contributed by atoms with van der Waals surface area (Å²) >= 11 is 0. The number of esters is 1. The second-order valence-electron chi connectivity index (χ2n) is 6.04. The molecule has 26 heavy (non-hydrogen) atoms. The van der Waals surface area contributed by atoms with Crippen molar-refractivity contribution in [1.29, 1.82) is 0 Å². The fourth-order valence-corrected chi connectivity index (χ4v) is 2.35. The second kappa shape index (κ2) is 10.0. The molecule has 0 amide bonds. The number of para-hydroxylation sites is 1. The molecule has 0 fully saturated rings. The minimum atomic E-state index is -1.56. The van der Waals surface area contributed by atoms with Gasteiger partial charge in [0.15, 0.2) is 0 Å². The van der Waals surface area contributed by atoms with Crippen molar-refractivity contribution in [3.05, 3.63) is 42.2 Å². The zero-order valence-electron chi connectivity index (χ0n) is 14.7. The SMILES string of the molecule is CCCCCC(=O)OC[C@@H](O)[C@@H](O)[C@H](O)c1cnn(-c2ccccc2)n1. The van der Waals surface area contributed by atoms with Crippen molar-refractivity contribution >= 4 is 5.97 Å². The molecular formula is C18H25N3O5. The number of unbranched alkanes of at least 4 members (excludes halogenated alkanes) is 2. The van der Waals surface area contributed by atoms with Crippen LogP contribution in [0.3, 0.4) is 0 Å². The summed E-state index contributed by atoms with van der Waals surface area (Å²) in [7, 11) is 0.